The van der Waals surface area contributed by atoms with Crippen molar-refractivity contribution in [3.8, 4) is 0 Å². The molecular weight excluding hydrogens is 288 g/mol. The molecule has 0 spiro atoms. The summed E-state index contributed by atoms with van der Waals surface area (Å²) in [6.07, 6.45) is 0. The third-order valence-electron chi connectivity index (χ3n) is 2.64. The summed E-state index contributed by atoms with van der Waals surface area (Å²) in [5.41, 5.74) is 1.11. The summed E-state index contributed by atoms with van der Waals surface area (Å²) in [7, 11) is 0. The third-order valence-corrected chi connectivity index (χ3v) is 4.03. The molecule has 0 atom stereocenters. The number of nitrogens with one attached hydrogen (secondary N) is 2. The maximum absolute atomic E-state index is 11.6. The van der Waals surface area contributed by atoms with Crippen molar-refractivity contribution in [3.63, 3.8) is 0 Å². The van der Waals surface area contributed by atoms with Crippen LogP contribution in [-0.2, 0) is 6.54 Å². The summed E-state index contributed by atoms with van der Waals surface area (Å²) in [4.78, 5) is 22.3. The van der Waals surface area contributed by atoms with Gasteiger partial charge in [0.25, 0.3) is 0 Å². The molecule has 1 aromatic rings. The van der Waals surface area contributed by atoms with E-state index in [9.17, 15) is 9.59 Å². The average molecular weight is 310 g/mol. The van der Waals surface area contributed by atoms with Gasteiger partial charge in [-0.2, -0.15) is 11.8 Å². The van der Waals surface area contributed by atoms with Gasteiger partial charge in [0.2, 0.25) is 0 Å². The number of hydrogen-bond acceptors (Lipinski definition) is 3. The minimum Gasteiger partial charge on any atom is -0.478 e. The van der Waals surface area contributed by atoms with Crippen molar-refractivity contribution in [2.45, 2.75) is 20.4 Å². The van der Waals surface area contributed by atoms with Gasteiger partial charge in [0.1, 0.15) is 0 Å². The lowest BCUT2D eigenvalue weighted by Crippen LogP contribution is -2.36. The summed E-state index contributed by atoms with van der Waals surface area (Å²) < 4.78 is 0. The molecule has 0 radical (unpaired) electrons. The van der Waals surface area contributed by atoms with Gasteiger partial charge in [0.15, 0.2) is 0 Å². The van der Waals surface area contributed by atoms with Crippen molar-refractivity contribution in [3.05, 3.63) is 35.4 Å². The van der Waals surface area contributed by atoms with E-state index in [2.05, 4.69) is 24.5 Å². The molecule has 5 nitrogen and oxygen atoms in total. The van der Waals surface area contributed by atoms with Crippen molar-refractivity contribution in [1.29, 1.82) is 0 Å². The summed E-state index contributed by atoms with van der Waals surface area (Å²) >= 11 is 1.82. The second kappa shape index (κ2) is 9.28. The van der Waals surface area contributed by atoms with Crippen LogP contribution in [0.4, 0.5) is 4.79 Å². The number of carboxylic acids is 1. The summed E-state index contributed by atoms with van der Waals surface area (Å²) in [5, 5.41) is 14.3. The zero-order valence-corrected chi connectivity index (χ0v) is 13.2. The largest absolute Gasteiger partial charge is 0.478 e. The van der Waals surface area contributed by atoms with Crippen LogP contribution in [0.2, 0.25) is 0 Å². The van der Waals surface area contributed by atoms with Crippen LogP contribution < -0.4 is 10.6 Å². The van der Waals surface area contributed by atoms with Crippen molar-refractivity contribution >= 4 is 23.8 Å². The molecule has 0 bridgehead atoms. The Morgan fingerprint density at radius 3 is 2.43 bits per heavy atom. The number of urea groups is 1. The Balaban J connectivity index is 2.19. The van der Waals surface area contributed by atoms with Crippen molar-refractivity contribution in [2.75, 3.05) is 18.1 Å². The van der Waals surface area contributed by atoms with Gasteiger partial charge in [-0.05, 0) is 29.4 Å². The smallest absolute Gasteiger partial charge is 0.335 e. The predicted molar refractivity (Wildman–Crippen MR) is 85.8 cm³/mol. The number of carbonyl (C=O) groups is 2. The van der Waals surface area contributed by atoms with Crippen LogP contribution in [-0.4, -0.2) is 35.2 Å². The van der Waals surface area contributed by atoms with Crippen LogP contribution >= 0.6 is 11.8 Å². The van der Waals surface area contributed by atoms with Crippen molar-refractivity contribution < 1.29 is 14.7 Å². The van der Waals surface area contributed by atoms with E-state index in [1.807, 2.05) is 11.8 Å². The SMILES string of the molecule is CC(C)CSCCNC(=O)NCc1ccc(C(=O)O)cc1. The van der Waals surface area contributed by atoms with E-state index in [1.54, 1.807) is 12.1 Å². The van der Waals surface area contributed by atoms with E-state index in [4.69, 9.17) is 5.11 Å². The lowest BCUT2D eigenvalue weighted by molar-refractivity contribution is 0.0697. The minimum absolute atomic E-state index is 0.206. The highest BCUT2D eigenvalue weighted by Gasteiger charge is 2.03. The van der Waals surface area contributed by atoms with Gasteiger partial charge in [0, 0.05) is 18.8 Å². The molecule has 2 amide bonds. The van der Waals surface area contributed by atoms with Gasteiger partial charge in [-0.15, -0.1) is 0 Å². The standard InChI is InChI=1S/C15H22N2O3S/c1-11(2)10-21-8-7-16-15(20)17-9-12-3-5-13(6-4-12)14(18)19/h3-6,11H,7-10H2,1-2H3,(H,18,19)(H2,16,17,20). The molecule has 3 N–H and O–H groups in total. The molecule has 0 aromatic heterocycles. The Bertz CT molecular complexity index is 460. The molecule has 0 fully saturated rings. The van der Waals surface area contributed by atoms with Crippen LogP contribution in [0.1, 0.15) is 29.8 Å². The average Bonchev–Trinajstić information content (AvgIpc) is 2.44. The molecule has 6 heteroatoms. The quantitative estimate of drug-likeness (QED) is 0.645. The van der Waals surface area contributed by atoms with Crippen molar-refractivity contribution in [1.82, 2.24) is 10.6 Å². The monoisotopic (exact) mass is 310 g/mol. The van der Waals surface area contributed by atoms with Crippen molar-refractivity contribution in [2.24, 2.45) is 5.92 Å². The molecule has 1 rings (SSSR count). The van der Waals surface area contributed by atoms with Gasteiger partial charge in [-0.25, -0.2) is 9.59 Å². The Labute approximate surface area is 129 Å². The maximum Gasteiger partial charge on any atom is 0.335 e. The first-order valence-electron chi connectivity index (χ1n) is 6.90. The van der Waals surface area contributed by atoms with Gasteiger partial charge in [0.05, 0.1) is 5.56 Å². The first kappa shape index (κ1) is 17.4. The van der Waals surface area contributed by atoms with Crippen LogP contribution in [0.5, 0.6) is 0 Å². The Morgan fingerprint density at radius 1 is 1.19 bits per heavy atom. The minimum atomic E-state index is -0.953. The molecule has 116 valence electrons. The molecular formula is C15H22N2O3S. The van der Waals surface area contributed by atoms with E-state index >= 15 is 0 Å². The van der Waals surface area contributed by atoms with E-state index in [1.165, 1.54) is 12.1 Å². The number of aromatic carboxylic acids is 1. The first-order chi connectivity index (χ1) is 9.99. The highest BCUT2D eigenvalue weighted by Crippen LogP contribution is 2.06. The molecule has 0 unspecified atom stereocenters. The van der Waals surface area contributed by atoms with Gasteiger partial charge in [-0.1, -0.05) is 26.0 Å². The van der Waals surface area contributed by atoms with Gasteiger partial charge < -0.3 is 15.7 Å². The zero-order valence-electron chi connectivity index (χ0n) is 12.4. The Kier molecular flexibility index (Phi) is 7.68. The van der Waals surface area contributed by atoms with E-state index in [0.717, 1.165) is 17.1 Å². The fourth-order valence-electron chi connectivity index (χ4n) is 1.57. The predicted octanol–water partition coefficient (Wildman–Crippen LogP) is 2.57. The maximum atomic E-state index is 11.6. The first-order valence-corrected chi connectivity index (χ1v) is 8.06. The zero-order chi connectivity index (χ0) is 15.7. The Morgan fingerprint density at radius 2 is 1.86 bits per heavy atom. The summed E-state index contributed by atoms with van der Waals surface area (Å²) in [5.74, 6) is 1.71. The summed E-state index contributed by atoms with van der Waals surface area (Å²) in [6, 6.07) is 6.24. The molecule has 0 saturated heterocycles. The van der Waals surface area contributed by atoms with E-state index in [0.29, 0.717) is 19.0 Å². The molecule has 0 saturated carbocycles. The number of benzene rings is 1. The van der Waals surface area contributed by atoms with Crippen LogP contribution in [0.3, 0.4) is 0 Å². The fourth-order valence-corrected chi connectivity index (χ4v) is 2.45. The number of hydrogen-bond donors (Lipinski definition) is 3. The summed E-state index contributed by atoms with van der Waals surface area (Å²) in [6.45, 7) is 5.36. The van der Waals surface area contributed by atoms with E-state index in [-0.39, 0.29) is 11.6 Å². The van der Waals surface area contributed by atoms with Crippen LogP contribution in [0.15, 0.2) is 24.3 Å². The van der Waals surface area contributed by atoms with E-state index < -0.39 is 5.97 Å². The molecule has 0 aliphatic carbocycles. The second-order valence-electron chi connectivity index (χ2n) is 5.08. The van der Waals surface area contributed by atoms with Crippen LogP contribution in [0.25, 0.3) is 0 Å². The lowest BCUT2D eigenvalue weighted by atomic mass is 10.1. The molecule has 0 aliphatic heterocycles. The molecule has 0 aliphatic rings. The topological polar surface area (TPSA) is 78.4 Å². The normalized spacial score (nSPS) is 10.4. The number of carboxylic acid groups (broad SMARTS) is 1. The Hall–Kier alpha value is -1.69. The third kappa shape index (κ3) is 7.60. The highest BCUT2D eigenvalue weighted by molar-refractivity contribution is 7.99. The lowest BCUT2D eigenvalue weighted by Gasteiger charge is -2.08. The second-order valence-corrected chi connectivity index (χ2v) is 6.23. The fraction of sp³-hybridized carbons (Fsp3) is 0.467. The highest BCUT2D eigenvalue weighted by atomic mass is 32.2. The number of rotatable bonds is 8. The number of thioether (sulfide) groups is 1. The number of amides is 2. The van der Waals surface area contributed by atoms with Gasteiger partial charge in [-0.3, -0.25) is 0 Å². The van der Waals surface area contributed by atoms with Gasteiger partial charge >= 0.3 is 12.0 Å². The molecule has 1 aromatic carbocycles. The van der Waals surface area contributed by atoms with Crippen LogP contribution in [0, 0.1) is 5.92 Å². The number of carbonyl (C=O) groups excluding carboxylic acids is 1. The molecule has 0 heterocycles. The molecule has 21 heavy (non-hydrogen) atoms.